The minimum Gasteiger partial charge on any atom is -0.476 e. The number of nitrogens with zero attached hydrogens (tertiary/aromatic N) is 5. The molecule has 0 bridgehead atoms. The van der Waals surface area contributed by atoms with Crippen molar-refractivity contribution in [1.29, 1.82) is 0 Å². The maximum absolute atomic E-state index is 12.6. The summed E-state index contributed by atoms with van der Waals surface area (Å²) in [6.07, 6.45) is 7.13. The fourth-order valence-corrected chi connectivity index (χ4v) is 2.99. The molecule has 2 aromatic rings. The third-order valence-corrected chi connectivity index (χ3v) is 4.80. The number of amides is 1. The zero-order chi connectivity index (χ0) is 21.7. The molecule has 3 heterocycles. The van der Waals surface area contributed by atoms with E-state index in [1.54, 1.807) is 38.4 Å². The van der Waals surface area contributed by atoms with E-state index in [1.807, 2.05) is 0 Å². The third-order valence-electron chi connectivity index (χ3n) is 4.80. The summed E-state index contributed by atoms with van der Waals surface area (Å²) in [6.45, 7) is 5.88. The van der Waals surface area contributed by atoms with Crippen molar-refractivity contribution in [3.8, 4) is 5.88 Å². The van der Waals surface area contributed by atoms with E-state index in [4.69, 9.17) is 10.5 Å². The third kappa shape index (κ3) is 4.68. The minimum absolute atomic E-state index is 0.115. The lowest BCUT2D eigenvalue weighted by Gasteiger charge is -2.32. The highest BCUT2D eigenvalue weighted by Crippen LogP contribution is 2.31. The van der Waals surface area contributed by atoms with E-state index >= 15 is 0 Å². The number of nitrogens with two attached hydrogens (primary N) is 1. The van der Waals surface area contributed by atoms with Crippen LogP contribution < -0.4 is 10.5 Å². The van der Waals surface area contributed by atoms with Gasteiger partial charge in [-0.2, -0.15) is 0 Å². The van der Waals surface area contributed by atoms with Gasteiger partial charge < -0.3 is 10.5 Å². The molecule has 0 aromatic carbocycles. The van der Waals surface area contributed by atoms with Gasteiger partial charge in [-0.1, -0.05) is 6.08 Å². The van der Waals surface area contributed by atoms with Gasteiger partial charge in [-0.15, -0.1) is 6.58 Å². The molecule has 0 radical (unpaired) electrons. The average Bonchev–Trinajstić information content (AvgIpc) is 2.73. The number of guanidine groups is 1. The highest BCUT2D eigenvalue weighted by molar-refractivity contribution is 5.98. The molecular weight excluding hydrogens is 384 g/mol. The molecule has 0 saturated carbocycles. The van der Waals surface area contributed by atoms with E-state index in [9.17, 15) is 9.59 Å². The minimum atomic E-state index is -0.878. The van der Waals surface area contributed by atoms with E-state index in [2.05, 4.69) is 26.5 Å². The van der Waals surface area contributed by atoms with E-state index in [0.717, 1.165) is 5.56 Å². The second-order valence-corrected chi connectivity index (χ2v) is 7.19. The van der Waals surface area contributed by atoms with Gasteiger partial charge >= 0.3 is 0 Å². The summed E-state index contributed by atoms with van der Waals surface area (Å²) >= 11 is 0. The maximum Gasteiger partial charge on any atom is 0.232 e. The van der Waals surface area contributed by atoms with Crippen LogP contribution in [0.2, 0.25) is 0 Å². The van der Waals surface area contributed by atoms with Crippen molar-refractivity contribution in [3.05, 3.63) is 60.3 Å². The smallest absolute Gasteiger partial charge is 0.232 e. The van der Waals surface area contributed by atoms with Crippen molar-refractivity contribution in [2.45, 2.75) is 31.7 Å². The Morgan fingerprint density at radius 2 is 2.17 bits per heavy atom. The predicted molar refractivity (Wildman–Crippen MR) is 111 cm³/mol. The van der Waals surface area contributed by atoms with Crippen LogP contribution in [0.5, 0.6) is 5.88 Å². The van der Waals surface area contributed by atoms with Crippen molar-refractivity contribution in [1.82, 2.24) is 19.9 Å². The van der Waals surface area contributed by atoms with E-state index in [0.29, 0.717) is 24.6 Å². The molecule has 2 aromatic heterocycles. The fourth-order valence-electron chi connectivity index (χ4n) is 2.99. The zero-order valence-electron chi connectivity index (χ0n) is 17.0. The molecule has 1 atom stereocenters. The van der Waals surface area contributed by atoms with Gasteiger partial charge in [-0.3, -0.25) is 19.5 Å². The topological polar surface area (TPSA) is 124 Å². The number of pyridine rings is 1. The lowest BCUT2D eigenvalue weighted by atomic mass is 9.90. The summed E-state index contributed by atoms with van der Waals surface area (Å²) in [5.74, 6) is 0.168. The van der Waals surface area contributed by atoms with Crippen LogP contribution in [-0.4, -0.2) is 51.2 Å². The van der Waals surface area contributed by atoms with E-state index in [1.165, 1.54) is 17.3 Å². The number of hydrogen-bond acceptors (Lipinski definition) is 8. The van der Waals surface area contributed by atoms with E-state index in [-0.39, 0.29) is 36.2 Å². The van der Waals surface area contributed by atoms with Gasteiger partial charge in [0.05, 0.1) is 31.1 Å². The Morgan fingerprint density at radius 3 is 2.83 bits per heavy atom. The zero-order valence-corrected chi connectivity index (χ0v) is 17.0. The number of carbonyl (C=O) groups excluding carboxylic acids is 2. The molecule has 1 aliphatic rings. The Hall–Kier alpha value is -3.62. The average molecular weight is 408 g/mol. The number of aromatic nitrogens is 3. The first-order valence-corrected chi connectivity index (χ1v) is 9.48. The molecule has 1 aliphatic heterocycles. The largest absolute Gasteiger partial charge is 0.476 e. The van der Waals surface area contributed by atoms with Crippen LogP contribution in [0.4, 0.5) is 0 Å². The molecule has 1 amide bonds. The molecule has 0 spiro atoms. The van der Waals surface area contributed by atoms with Gasteiger partial charge in [0.2, 0.25) is 11.8 Å². The molecule has 156 valence electrons. The number of ether oxygens (including phenoxy) is 1. The molecule has 2 N–H and O–H groups in total. The van der Waals surface area contributed by atoms with Gasteiger partial charge in [0.1, 0.15) is 11.2 Å². The first-order valence-electron chi connectivity index (χ1n) is 9.48. The van der Waals surface area contributed by atoms with Gasteiger partial charge in [-0.05, 0) is 31.0 Å². The molecule has 0 fully saturated rings. The van der Waals surface area contributed by atoms with Gasteiger partial charge in [0, 0.05) is 19.7 Å². The summed E-state index contributed by atoms with van der Waals surface area (Å²) in [7, 11) is 1.58. The molecule has 1 unspecified atom stereocenters. The van der Waals surface area contributed by atoms with Gasteiger partial charge in [0.15, 0.2) is 11.7 Å². The Labute approximate surface area is 174 Å². The lowest BCUT2D eigenvalue weighted by Crippen LogP contribution is -2.47. The lowest BCUT2D eigenvalue weighted by molar-refractivity contribution is -0.128. The van der Waals surface area contributed by atoms with Gasteiger partial charge in [0.25, 0.3) is 0 Å². The molecule has 30 heavy (non-hydrogen) atoms. The Kier molecular flexibility index (Phi) is 6.20. The van der Waals surface area contributed by atoms with Crippen LogP contribution >= 0.6 is 0 Å². The molecule has 0 saturated heterocycles. The van der Waals surface area contributed by atoms with Crippen LogP contribution in [0.25, 0.3) is 0 Å². The normalized spacial score (nSPS) is 18.7. The van der Waals surface area contributed by atoms with Crippen LogP contribution in [0.1, 0.15) is 41.5 Å². The standard InChI is InChI=1S/C21H24N6O3/c1-4-5-8-30-18-13-24-15(12-25-18)16(28)9-14-6-7-23-17(10-14)21(2)11-19(29)27(3)20(22)26-21/h4,6-7,10,12-13H,1,5,8-9,11H2,2-3H3,(H2,22,26). The summed E-state index contributed by atoms with van der Waals surface area (Å²) in [5, 5.41) is 0. The SMILES string of the molecule is C=CCCOc1cnc(C(=O)Cc2ccnc(C3(C)CC(=O)N(C)C(N)=N3)c2)cn1. The Morgan fingerprint density at radius 1 is 1.37 bits per heavy atom. The monoisotopic (exact) mass is 408 g/mol. The van der Waals surface area contributed by atoms with Crippen LogP contribution in [-0.2, 0) is 16.8 Å². The number of aliphatic imine (C=N–C) groups is 1. The Balaban J connectivity index is 1.73. The molecule has 0 aliphatic carbocycles. The molecule has 3 rings (SSSR count). The maximum atomic E-state index is 12.6. The summed E-state index contributed by atoms with van der Waals surface area (Å²) in [5.41, 5.74) is 6.55. The first-order chi connectivity index (χ1) is 14.3. The van der Waals surface area contributed by atoms with Gasteiger partial charge in [-0.25, -0.2) is 15.0 Å². The summed E-state index contributed by atoms with van der Waals surface area (Å²) < 4.78 is 5.40. The van der Waals surface area contributed by atoms with Crippen molar-refractivity contribution in [2.24, 2.45) is 10.7 Å². The number of ketones is 1. The van der Waals surface area contributed by atoms with Crippen LogP contribution in [0.15, 0.2) is 48.4 Å². The number of carbonyl (C=O) groups is 2. The molecule has 9 nitrogen and oxygen atoms in total. The predicted octanol–water partition coefficient (Wildman–Crippen LogP) is 1.64. The second kappa shape index (κ2) is 8.81. The van der Waals surface area contributed by atoms with Crippen LogP contribution in [0, 0.1) is 0 Å². The second-order valence-electron chi connectivity index (χ2n) is 7.19. The quantitative estimate of drug-likeness (QED) is 0.400. The number of hydrogen-bond donors (Lipinski definition) is 1. The van der Waals surface area contributed by atoms with Crippen molar-refractivity contribution < 1.29 is 14.3 Å². The van der Waals surface area contributed by atoms with Crippen molar-refractivity contribution in [3.63, 3.8) is 0 Å². The highest BCUT2D eigenvalue weighted by atomic mass is 16.5. The highest BCUT2D eigenvalue weighted by Gasteiger charge is 2.37. The Bertz CT molecular complexity index is 988. The number of rotatable bonds is 8. The number of Topliss-reactive ketones (excluding diaryl/α,β-unsaturated/α-hetero) is 1. The van der Waals surface area contributed by atoms with Crippen molar-refractivity contribution in [2.75, 3.05) is 13.7 Å². The summed E-state index contributed by atoms with van der Waals surface area (Å²) in [4.78, 5) is 43.2. The molecular formula is C21H24N6O3. The summed E-state index contributed by atoms with van der Waals surface area (Å²) in [6, 6.07) is 3.52. The first kappa shape index (κ1) is 21.1. The van der Waals surface area contributed by atoms with Crippen LogP contribution in [0.3, 0.4) is 0 Å². The molecule has 9 heteroatoms. The fraction of sp³-hybridized carbons (Fsp3) is 0.333. The van der Waals surface area contributed by atoms with Crippen molar-refractivity contribution >= 4 is 17.6 Å². The van der Waals surface area contributed by atoms with E-state index < -0.39 is 5.54 Å².